The van der Waals surface area contributed by atoms with Gasteiger partial charge in [0.1, 0.15) is 23.0 Å². The summed E-state index contributed by atoms with van der Waals surface area (Å²) in [5, 5.41) is 11.4. The highest BCUT2D eigenvalue weighted by molar-refractivity contribution is 6.46. The van der Waals surface area contributed by atoms with Gasteiger partial charge in [0.05, 0.1) is 24.3 Å². The summed E-state index contributed by atoms with van der Waals surface area (Å²) < 4.78 is 17.6. The molecule has 1 amide bonds. The number of benzene rings is 3. The molecule has 0 radical (unpaired) electrons. The minimum absolute atomic E-state index is 0.0505. The van der Waals surface area contributed by atoms with Crippen LogP contribution in [0.1, 0.15) is 49.8 Å². The van der Waals surface area contributed by atoms with E-state index in [4.69, 9.17) is 14.2 Å². The van der Waals surface area contributed by atoms with Crippen molar-refractivity contribution >= 4 is 17.4 Å². The summed E-state index contributed by atoms with van der Waals surface area (Å²) in [4.78, 5) is 28.2. The van der Waals surface area contributed by atoms with Crippen LogP contribution in [0.4, 0.5) is 0 Å². The number of ketones is 1. The highest BCUT2D eigenvalue weighted by Gasteiger charge is 2.47. The molecule has 7 nitrogen and oxygen atoms in total. The largest absolute Gasteiger partial charge is 0.507 e. The molecule has 5 rings (SSSR count). The number of hydrogen-bond donors (Lipinski definition) is 1. The molecule has 2 fully saturated rings. The number of aliphatic hydroxyl groups excluding tert-OH is 1. The van der Waals surface area contributed by atoms with Gasteiger partial charge in [0.2, 0.25) is 0 Å². The second kappa shape index (κ2) is 12.2. The Morgan fingerprint density at radius 2 is 1.74 bits per heavy atom. The fraction of sp³-hybridized carbons (Fsp3) is 0.312. The van der Waals surface area contributed by atoms with E-state index < -0.39 is 17.7 Å². The first kappa shape index (κ1) is 26.5. The Hall–Kier alpha value is -4.10. The van der Waals surface area contributed by atoms with Crippen LogP contribution in [0.25, 0.3) is 5.76 Å². The van der Waals surface area contributed by atoms with Crippen LogP contribution in [-0.4, -0.2) is 47.6 Å². The van der Waals surface area contributed by atoms with Crippen molar-refractivity contribution in [3.63, 3.8) is 0 Å². The number of likely N-dealkylation sites (tertiary alicyclic amines) is 1. The van der Waals surface area contributed by atoms with E-state index in [1.54, 1.807) is 24.3 Å². The molecule has 1 N–H and O–H groups in total. The number of carbonyl (C=O) groups excluding carboxylic acids is 2. The smallest absolute Gasteiger partial charge is 0.295 e. The summed E-state index contributed by atoms with van der Waals surface area (Å²) in [6.07, 6.45) is 3.54. The highest BCUT2D eigenvalue weighted by atomic mass is 16.5. The van der Waals surface area contributed by atoms with Crippen molar-refractivity contribution in [1.82, 2.24) is 4.90 Å². The number of ether oxygens (including phenoxy) is 3. The monoisotopic (exact) mass is 527 g/mol. The van der Waals surface area contributed by atoms with Gasteiger partial charge in [-0.05, 0) is 73.4 Å². The summed E-state index contributed by atoms with van der Waals surface area (Å²) in [6, 6.07) is 22.8. The van der Waals surface area contributed by atoms with Gasteiger partial charge in [-0.3, -0.25) is 9.59 Å². The summed E-state index contributed by atoms with van der Waals surface area (Å²) in [5.41, 5.74) is 1.16. The van der Waals surface area contributed by atoms with Crippen LogP contribution in [-0.2, 0) is 14.3 Å². The predicted molar refractivity (Wildman–Crippen MR) is 148 cm³/mol. The van der Waals surface area contributed by atoms with Crippen molar-refractivity contribution in [2.75, 3.05) is 19.8 Å². The predicted octanol–water partition coefficient (Wildman–Crippen LogP) is 6.26. The number of carbonyl (C=O) groups is 2. The zero-order valence-corrected chi connectivity index (χ0v) is 22.0. The molecule has 7 heteroatoms. The Labute approximate surface area is 228 Å². The minimum Gasteiger partial charge on any atom is -0.507 e. The number of rotatable bonds is 10. The third-order valence-electron chi connectivity index (χ3n) is 7.01. The quantitative estimate of drug-likeness (QED) is 0.145. The lowest BCUT2D eigenvalue weighted by Gasteiger charge is -2.27. The van der Waals surface area contributed by atoms with Crippen LogP contribution in [0.15, 0.2) is 84.4 Å². The standard InChI is InChI=1S/C32H33NO6/c1-2-3-18-37-24-16-14-22(15-17-24)30(34)28-29(33(32(36)31(28)35)21-27-13-8-19-38-27)23-9-7-12-26(20-23)39-25-10-5-4-6-11-25/h4-7,9-12,14-17,20,27,29,34H,2-3,8,13,18-19,21H2,1H3/t27-,29+/m0/s1. The number of nitrogens with zero attached hydrogens (tertiary/aromatic N) is 1. The summed E-state index contributed by atoms with van der Waals surface area (Å²) in [5.74, 6) is 0.335. The molecule has 39 heavy (non-hydrogen) atoms. The van der Waals surface area contributed by atoms with Crippen molar-refractivity contribution in [3.8, 4) is 17.2 Å². The molecule has 0 aromatic heterocycles. The van der Waals surface area contributed by atoms with Gasteiger partial charge in [-0.15, -0.1) is 0 Å². The molecular weight excluding hydrogens is 494 g/mol. The Bertz CT molecular complexity index is 1330. The third kappa shape index (κ3) is 5.99. The van der Waals surface area contributed by atoms with E-state index in [0.717, 1.165) is 25.7 Å². The van der Waals surface area contributed by atoms with Crippen LogP contribution < -0.4 is 9.47 Å². The van der Waals surface area contributed by atoms with E-state index in [1.165, 1.54) is 4.90 Å². The van der Waals surface area contributed by atoms with E-state index in [0.29, 0.717) is 41.6 Å². The number of aliphatic hydroxyl groups is 1. The van der Waals surface area contributed by atoms with Gasteiger partial charge in [0, 0.05) is 18.7 Å². The van der Waals surface area contributed by atoms with Gasteiger partial charge in [-0.25, -0.2) is 0 Å². The molecule has 0 bridgehead atoms. The molecule has 0 unspecified atom stereocenters. The van der Waals surface area contributed by atoms with Gasteiger partial charge in [-0.1, -0.05) is 43.7 Å². The zero-order valence-electron chi connectivity index (χ0n) is 22.0. The van der Waals surface area contributed by atoms with Crippen molar-refractivity contribution in [2.45, 2.75) is 44.8 Å². The van der Waals surface area contributed by atoms with Crippen molar-refractivity contribution in [1.29, 1.82) is 0 Å². The molecule has 2 aliphatic heterocycles. The molecule has 2 atom stereocenters. The van der Waals surface area contributed by atoms with Crippen molar-refractivity contribution in [2.24, 2.45) is 0 Å². The lowest BCUT2D eigenvalue weighted by molar-refractivity contribution is -0.140. The first-order valence-corrected chi connectivity index (χ1v) is 13.5. The van der Waals surface area contributed by atoms with Gasteiger partial charge in [-0.2, -0.15) is 0 Å². The lowest BCUT2D eigenvalue weighted by atomic mass is 9.95. The van der Waals surface area contributed by atoms with E-state index in [9.17, 15) is 14.7 Å². The molecule has 2 saturated heterocycles. The molecule has 0 spiro atoms. The SMILES string of the molecule is CCCCOc1ccc(C(O)=C2C(=O)C(=O)N(C[C@@H]3CCCO3)[C@@H]2c2cccc(Oc3ccccc3)c2)cc1. The Balaban J connectivity index is 1.51. The molecule has 202 valence electrons. The second-order valence-electron chi connectivity index (χ2n) is 9.80. The Kier molecular flexibility index (Phi) is 8.27. The fourth-order valence-electron chi connectivity index (χ4n) is 4.99. The molecule has 2 aliphatic rings. The van der Waals surface area contributed by atoms with Crippen LogP contribution in [0.3, 0.4) is 0 Å². The number of amides is 1. The van der Waals surface area contributed by atoms with Crippen molar-refractivity contribution < 1.29 is 28.9 Å². The highest BCUT2D eigenvalue weighted by Crippen LogP contribution is 2.41. The topological polar surface area (TPSA) is 85.3 Å². The lowest BCUT2D eigenvalue weighted by Crippen LogP contribution is -2.36. The maximum atomic E-state index is 13.4. The Morgan fingerprint density at radius 3 is 2.46 bits per heavy atom. The molecule has 3 aromatic rings. The number of Topliss-reactive ketones (excluding diaryl/α,β-unsaturated/α-hetero) is 1. The summed E-state index contributed by atoms with van der Waals surface area (Å²) >= 11 is 0. The Morgan fingerprint density at radius 1 is 0.974 bits per heavy atom. The molecule has 3 aromatic carbocycles. The average molecular weight is 528 g/mol. The number of unbranched alkanes of at least 4 members (excludes halogenated alkanes) is 1. The third-order valence-corrected chi connectivity index (χ3v) is 7.01. The van der Waals surface area contributed by atoms with Crippen molar-refractivity contribution in [3.05, 3.63) is 95.6 Å². The van der Waals surface area contributed by atoms with Gasteiger partial charge >= 0.3 is 0 Å². The molecule has 0 saturated carbocycles. The second-order valence-corrected chi connectivity index (χ2v) is 9.80. The van der Waals surface area contributed by atoms with E-state index in [2.05, 4.69) is 6.92 Å². The maximum absolute atomic E-state index is 13.4. The average Bonchev–Trinajstić information content (AvgIpc) is 3.56. The summed E-state index contributed by atoms with van der Waals surface area (Å²) in [6.45, 7) is 3.60. The van der Waals surface area contributed by atoms with Crippen LogP contribution in [0, 0.1) is 0 Å². The normalized spacial score (nSPS) is 20.4. The first-order chi connectivity index (χ1) is 19.0. The van der Waals surface area contributed by atoms with Gasteiger partial charge < -0.3 is 24.2 Å². The maximum Gasteiger partial charge on any atom is 0.295 e. The summed E-state index contributed by atoms with van der Waals surface area (Å²) in [7, 11) is 0. The fourth-order valence-corrected chi connectivity index (χ4v) is 4.99. The van der Waals surface area contributed by atoms with E-state index in [1.807, 2.05) is 54.6 Å². The van der Waals surface area contributed by atoms with Crippen LogP contribution in [0.2, 0.25) is 0 Å². The molecule has 0 aliphatic carbocycles. The van der Waals surface area contributed by atoms with Crippen LogP contribution in [0.5, 0.6) is 17.2 Å². The van der Waals surface area contributed by atoms with Gasteiger partial charge in [0.25, 0.3) is 11.7 Å². The van der Waals surface area contributed by atoms with E-state index in [-0.39, 0.29) is 24.0 Å². The molecular formula is C32H33NO6. The molecule has 2 heterocycles. The van der Waals surface area contributed by atoms with Gasteiger partial charge in [0.15, 0.2) is 0 Å². The number of para-hydroxylation sites is 1. The number of hydrogen-bond acceptors (Lipinski definition) is 6. The van der Waals surface area contributed by atoms with E-state index >= 15 is 0 Å². The zero-order chi connectivity index (χ0) is 27.2. The minimum atomic E-state index is -0.783. The van der Waals surface area contributed by atoms with Crippen LogP contribution >= 0.6 is 0 Å². The first-order valence-electron chi connectivity index (χ1n) is 13.5.